The van der Waals surface area contributed by atoms with Crippen molar-refractivity contribution >= 4 is 11.6 Å². The molecule has 2 heteroatoms. The number of alkyl halides is 1. The highest BCUT2D eigenvalue weighted by Gasteiger charge is 2.20. The van der Waals surface area contributed by atoms with E-state index in [0.717, 1.165) is 18.6 Å². The molecule has 2 unspecified atom stereocenters. The first kappa shape index (κ1) is 14.5. The SMILES string of the molecule is Cc1ccc(C)c(CC(Cl)c2ccc3c(c2)CC(C)O3)c1. The fourth-order valence-corrected chi connectivity index (χ4v) is 3.27. The largest absolute Gasteiger partial charge is 0.490 e. The average molecular weight is 301 g/mol. The van der Waals surface area contributed by atoms with Crippen molar-refractivity contribution in [3.8, 4) is 5.75 Å². The van der Waals surface area contributed by atoms with Gasteiger partial charge >= 0.3 is 0 Å². The molecule has 0 radical (unpaired) electrons. The van der Waals surface area contributed by atoms with Crippen LogP contribution in [0.5, 0.6) is 5.75 Å². The third-order valence-corrected chi connectivity index (χ3v) is 4.59. The molecule has 2 atom stereocenters. The van der Waals surface area contributed by atoms with Crippen LogP contribution in [-0.2, 0) is 12.8 Å². The quantitative estimate of drug-likeness (QED) is 0.712. The third-order valence-electron chi connectivity index (χ3n) is 4.19. The molecule has 21 heavy (non-hydrogen) atoms. The Labute approximate surface area is 131 Å². The van der Waals surface area contributed by atoms with Gasteiger partial charge in [0.05, 0.1) is 5.38 Å². The topological polar surface area (TPSA) is 9.23 Å². The molecular formula is C19H21ClO. The number of halogens is 1. The van der Waals surface area contributed by atoms with Gasteiger partial charge in [0, 0.05) is 6.42 Å². The zero-order valence-corrected chi connectivity index (χ0v) is 13.6. The van der Waals surface area contributed by atoms with E-state index in [-0.39, 0.29) is 11.5 Å². The second-order valence-electron chi connectivity index (χ2n) is 6.10. The summed E-state index contributed by atoms with van der Waals surface area (Å²) < 4.78 is 5.75. The molecule has 0 amide bonds. The lowest BCUT2D eigenvalue weighted by molar-refractivity contribution is 0.254. The van der Waals surface area contributed by atoms with Crippen LogP contribution in [0.25, 0.3) is 0 Å². The Morgan fingerprint density at radius 3 is 2.81 bits per heavy atom. The summed E-state index contributed by atoms with van der Waals surface area (Å²) in [5.74, 6) is 1.02. The van der Waals surface area contributed by atoms with Crippen LogP contribution in [-0.4, -0.2) is 6.10 Å². The number of hydrogen-bond acceptors (Lipinski definition) is 1. The molecule has 3 rings (SSSR count). The van der Waals surface area contributed by atoms with Crippen molar-refractivity contribution in [3.63, 3.8) is 0 Å². The van der Waals surface area contributed by atoms with Crippen molar-refractivity contribution in [2.24, 2.45) is 0 Å². The van der Waals surface area contributed by atoms with E-state index in [1.54, 1.807) is 0 Å². The summed E-state index contributed by atoms with van der Waals surface area (Å²) in [6, 6.07) is 12.9. The van der Waals surface area contributed by atoms with Gasteiger partial charge in [-0.1, -0.05) is 35.9 Å². The van der Waals surface area contributed by atoms with Crippen LogP contribution in [0.15, 0.2) is 36.4 Å². The molecule has 0 aromatic heterocycles. The van der Waals surface area contributed by atoms with E-state index in [2.05, 4.69) is 57.2 Å². The van der Waals surface area contributed by atoms with E-state index in [0.29, 0.717) is 0 Å². The van der Waals surface area contributed by atoms with Crippen LogP contribution >= 0.6 is 11.6 Å². The fraction of sp³-hybridized carbons (Fsp3) is 0.368. The van der Waals surface area contributed by atoms with Crippen LogP contribution in [0.3, 0.4) is 0 Å². The maximum atomic E-state index is 6.66. The summed E-state index contributed by atoms with van der Waals surface area (Å²) in [6.45, 7) is 6.38. The molecule has 0 saturated carbocycles. The standard InChI is InChI=1S/C19H21ClO/c1-12-4-5-13(2)16(8-12)11-18(20)15-6-7-19-17(10-15)9-14(3)21-19/h4-8,10,14,18H,9,11H2,1-3H3. The summed E-state index contributed by atoms with van der Waals surface area (Å²) in [4.78, 5) is 0. The number of benzene rings is 2. The summed E-state index contributed by atoms with van der Waals surface area (Å²) in [6.07, 6.45) is 2.13. The van der Waals surface area contributed by atoms with Crippen molar-refractivity contribution in [2.75, 3.05) is 0 Å². The Balaban J connectivity index is 1.81. The van der Waals surface area contributed by atoms with Crippen LogP contribution in [0.1, 0.15) is 40.1 Å². The molecular weight excluding hydrogens is 280 g/mol. The van der Waals surface area contributed by atoms with Gasteiger partial charge < -0.3 is 4.74 Å². The molecule has 1 aliphatic heterocycles. The van der Waals surface area contributed by atoms with Gasteiger partial charge in [0.2, 0.25) is 0 Å². The minimum atomic E-state index is 0.00621. The second-order valence-corrected chi connectivity index (χ2v) is 6.63. The Morgan fingerprint density at radius 1 is 1.19 bits per heavy atom. The predicted octanol–water partition coefficient (Wildman–Crippen LogP) is 5.15. The van der Waals surface area contributed by atoms with Crippen molar-refractivity contribution < 1.29 is 4.74 Å². The second kappa shape index (κ2) is 5.73. The molecule has 0 aliphatic carbocycles. The number of fused-ring (bicyclic) bond motifs is 1. The molecule has 1 aliphatic rings. The first-order valence-electron chi connectivity index (χ1n) is 7.52. The highest BCUT2D eigenvalue weighted by Crippen LogP contribution is 2.34. The zero-order valence-electron chi connectivity index (χ0n) is 12.8. The first-order chi connectivity index (χ1) is 10.0. The Bertz CT molecular complexity index is 663. The summed E-state index contributed by atoms with van der Waals surface area (Å²) in [5.41, 5.74) is 6.40. The highest BCUT2D eigenvalue weighted by molar-refractivity contribution is 6.21. The van der Waals surface area contributed by atoms with Crippen LogP contribution < -0.4 is 4.74 Å². The van der Waals surface area contributed by atoms with Gasteiger partial charge in [0.1, 0.15) is 11.9 Å². The van der Waals surface area contributed by atoms with Crippen LogP contribution in [0, 0.1) is 13.8 Å². The lowest BCUT2D eigenvalue weighted by atomic mass is 9.97. The Morgan fingerprint density at radius 2 is 2.00 bits per heavy atom. The average Bonchev–Trinajstić information content (AvgIpc) is 2.81. The van der Waals surface area contributed by atoms with Crippen molar-refractivity contribution in [2.45, 2.75) is 45.1 Å². The summed E-state index contributed by atoms with van der Waals surface area (Å²) in [5, 5.41) is 0.00621. The Kier molecular flexibility index (Phi) is 3.95. The number of hydrogen-bond donors (Lipinski definition) is 0. The van der Waals surface area contributed by atoms with E-state index < -0.39 is 0 Å². The monoisotopic (exact) mass is 300 g/mol. The molecule has 2 aromatic rings. The molecule has 1 nitrogen and oxygen atoms in total. The first-order valence-corrected chi connectivity index (χ1v) is 7.96. The minimum absolute atomic E-state index is 0.00621. The van der Waals surface area contributed by atoms with Crippen LogP contribution in [0.2, 0.25) is 0 Å². The minimum Gasteiger partial charge on any atom is -0.490 e. The van der Waals surface area contributed by atoms with Gasteiger partial charge in [-0.25, -0.2) is 0 Å². The van der Waals surface area contributed by atoms with Gasteiger partial charge in [0.25, 0.3) is 0 Å². The maximum Gasteiger partial charge on any atom is 0.123 e. The van der Waals surface area contributed by atoms with Crippen molar-refractivity contribution in [1.29, 1.82) is 0 Å². The molecule has 1 heterocycles. The molecule has 0 spiro atoms. The van der Waals surface area contributed by atoms with Gasteiger partial charge in [0.15, 0.2) is 0 Å². The fourth-order valence-electron chi connectivity index (χ4n) is 2.97. The normalized spacial score (nSPS) is 18.2. The van der Waals surface area contributed by atoms with Crippen molar-refractivity contribution in [3.05, 3.63) is 64.2 Å². The number of aryl methyl sites for hydroxylation is 2. The molecule has 0 bridgehead atoms. The van der Waals surface area contributed by atoms with Crippen molar-refractivity contribution in [1.82, 2.24) is 0 Å². The zero-order chi connectivity index (χ0) is 15.0. The smallest absolute Gasteiger partial charge is 0.123 e. The molecule has 0 N–H and O–H groups in total. The van der Waals surface area contributed by atoms with Gasteiger partial charge in [-0.15, -0.1) is 11.6 Å². The van der Waals surface area contributed by atoms with E-state index >= 15 is 0 Å². The van der Waals surface area contributed by atoms with Gasteiger partial charge in [-0.3, -0.25) is 0 Å². The molecule has 110 valence electrons. The Hall–Kier alpha value is -1.47. The maximum absolute atomic E-state index is 6.66. The lowest BCUT2D eigenvalue weighted by Gasteiger charge is -2.13. The summed E-state index contributed by atoms with van der Waals surface area (Å²) >= 11 is 6.66. The van der Waals surface area contributed by atoms with E-state index in [1.165, 1.54) is 27.8 Å². The lowest BCUT2D eigenvalue weighted by Crippen LogP contribution is -2.05. The van der Waals surface area contributed by atoms with Gasteiger partial charge in [-0.05, 0) is 55.5 Å². The number of ether oxygens (including phenoxy) is 1. The molecule has 0 fully saturated rings. The van der Waals surface area contributed by atoms with Crippen LogP contribution in [0.4, 0.5) is 0 Å². The number of rotatable bonds is 3. The third kappa shape index (κ3) is 3.08. The van der Waals surface area contributed by atoms with E-state index in [9.17, 15) is 0 Å². The van der Waals surface area contributed by atoms with E-state index in [1.807, 2.05) is 0 Å². The highest BCUT2D eigenvalue weighted by atomic mass is 35.5. The molecule has 2 aromatic carbocycles. The predicted molar refractivity (Wildman–Crippen MR) is 88.5 cm³/mol. The molecule has 0 saturated heterocycles. The summed E-state index contributed by atoms with van der Waals surface area (Å²) in [7, 11) is 0. The van der Waals surface area contributed by atoms with Gasteiger partial charge in [-0.2, -0.15) is 0 Å². The van der Waals surface area contributed by atoms with E-state index in [4.69, 9.17) is 16.3 Å².